The third-order valence-electron chi connectivity index (χ3n) is 2.72. The molecule has 2 rings (SSSR count). The van der Waals surface area contributed by atoms with Crippen LogP contribution in [0.1, 0.15) is 11.3 Å². The second-order valence-corrected chi connectivity index (χ2v) is 4.87. The number of benzene rings is 1. The van der Waals surface area contributed by atoms with Crippen molar-refractivity contribution in [2.75, 3.05) is 6.61 Å². The summed E-state index contributed by atoms with van der Waals surface area (Å²) in [5.74, 6) is 0.762. The van der Waals surface area contributed by atoms with Crippen LogP contribution >= 0.6 is 27.5 Å². The van der Waals surface area contributed by atoms with Crippen LogP contribution in [-0.2, 0) is 18.8 Å². The van der Waals surface area contributed by atoms with Gasteiger partial charge in [-0.3, -0.25) is 4.68 Å². The number of hydrogen-bond acceptors (Lipinski definition) is 2. The zero-order chi connectivity index (χ0) is 13.0. The summed E-state index contributed by atoms with van der Waals surface area (Å²) in [6, 6.07) is 7.75. The minimum Gasteiger partial charge on any atom is -0.491 e. The fraction of sp³-hybridized carbons (Fsp3) is 0.308. The number of para-hydroxylation sites is 1. The average Bonchev–Trinajstić information content (AvgIpc) is 2.77. The van der Waals surface area contributed by atoms with Gasteiger partial charge in [0.2, 0.25) is 0 Å². The second-order valence-electron chi connectivity index (χ2n) is 3.91. The molecule has 0 amide bonds. The summed E-state index contributed by atoms with van der Waals surface area (Å²) in [7, 11) is 1.93. The molecule has 0 aliphatic heterocycles. The summed E-state index contributed by atoms with van der Waals surface area (Å²) in [6.45, 7) is 0.587. The van der Waals surface area contributed by atoms with Gasteiger partial charge in [0.1, 0.15) is 5.75 Å². The first-order valence-corrected chi connectivity index (χ1v) is 7.15. The van der Waals surface area contributed by atoms with Crippen LogP contribution in [0, 0.1) is 0 Å². The lowest BCUT2D eigenvalue weighted by molar-refractivity contribution is 0.316. The molecule has 0 aliphatic carbocycles. The molecule has 3 nitrogen and oxygen atoms in total. The molecule has 0 atom stereocenters. The Bertz CT molecular complexity index is 527. The Balaban J connectivity index is 2.00. The summed E-state index contributed by atoms with van der Waals surface area (Å²) in [4.78, 5) is 0. The van der Waals surface area contributed by atoms with E-state index in [2.05, 4.69) is 21.0 Å². The molecule has 0 saturated heterocycles. The lowest BCUT2D eigenvalue weighted by atomic mass is 10.2. The van der Waals surface area contributed by atoms with E-state index in [0.717, 1.165) is 28.8 Å². The summed E-state index contributed by atoms with van der Waals surface area (Å²) in [5, 5.41) is 5.50. The minimum atomic E-state index is 0.587. The van der Waals surface area contributed by atoms with E-state index < -0.39 is 0 Å². The molecule has 0 saturated carbocycles. The Morgan fingerprint density at radius 3 is 2.89 bits per heavy atom. The predicted octanol–water partition coefficient (Wildman–Crippen LogP) is 3.59. The van der Waals surface area contributed by atoms with Crippen LogP contribution in [0.3, 0.4) is 0 Å². The molecule has 18 heavy (non-hydrogen) atoms. The fourth-order valence-electron chi connectivity index (χ4n) is 1.72. The number of aromatic nitrogens is 2. The highest BCUT2D eigenvalue weighted by atomic mass is 79.9. The molecule has 0 spiro atoms. The minimum absolute atomic E-state index is 0.587. The van der Waals surface area contributed by atoms with Crippen LogP contribution < -0.4 is 4.74 Å². The topological polar surface area (TPSA) is 27.1 Å². The fourth-order valence-corrected chi connectivity index (χ4v) is 2.41. The van der Waals surface area contributed by atoms with Crippen molar-refractivity contribution < 1.29 is 4.74 Å². The Hall–Kier alpha value is -1.000. The van der Waals surface area contributed by atoms with Crippen molar-refractivity contribution in [3.63, 3.8) is 0 Å². The Labute approximate surface area is 120 Å². The van der Waals surface area contributed by atoms with Crippen molar-refractivity contribution in [3.8, 4) is 5.75 Å². The normalized spacial score (nSPS) is 10.6. The smallest absolute Gasteiger partial charge is 0.141 e. The number of ether oxygens (including phenoxy) is 1. The summed E-state index contributed by atoms with van der Waals surface area (Å²) >= 11 is 9.57. The van der Waals surface area contributed by atoms with Crippen molar-refractivity contribution in [2.45, 2.75) is 11.8 Å². The maximum absolute atomic E-state index is 6.14. The van der Waals surface area contributed by atoms with E-state index >= 15 is 0 Å². The highest BCUT2D eigenvalue weighted by Crippen LogP contribution is 2.30. The van der Waals surface area contributed by atoms with Gasteiger partial charge in [0, 0.05) is 36.3 Å². The van der Waals surface area contributed by atoms with Crippen molar-refractivity contribution in [1.29, 1.82) is 0 Å². The van der Waals surface area contributed by atoms with Crippen molar-refractivity contribution in [1.82, 2.24) is 9.78 Å². The highest BCUT2D eigenvalue weighted by Gasteiger charge is 2.08. The summed E-state index contributed by atoms with van der Waals surface area (Å²) in [5.41, 5.74) is 2.20. The monoisotopic (exact) mass is 328 g/mol. The average molecular weight is 330 g/mol. The van der Waals surface area contributed by atoms with Gasteiger partial charge in [-0.25, -0.2) is 0 Å². The van der Waals surface area contributed by atoms with Crippen molar-refractivity contribution in [3.05, 3.63) is 46.7 Å². The Morgan fingerprint density at radius 2 is 2.22 bits per heavy atom. The molecule has 0 radical (unpaired) electrons. The third-order valence-corrected chi connectivity index (χ3v) is 3.62. The van der Waals surface area contributed by atoms with Gasteiger partial charge in [-0.05, 0) is 12.1 Å². The predicted molar refractivity (Wildman–Crippen MR) is 76.5 cm³/mol. The summed E-state index contributed by atoms with van der Waals surface area (Å²) in [6.07, 6.45) is 2.60. The third kappa shape index (κ3) is 3.06. The van der Waals surface area contributed by atoms with Crippen molar-refractivity contribution >= 4 is 27.5 Å². The van der Waals surface area contributed by atoms with E-state index in [1.54, 1.807) is 6.20 Å². The molecule has 0 fully saturated rings. The number of halogens is 2. The van der Waals surface area contributed by atoms with Gasteiger partial charge in [-0.1, -0.05) is 39.7 Å². The molecule has 1 aromatic heterocycles. The first kappa shape index (κ1) is 13.4. The Morgan fingerprint density at radius 1 is 1.39 bits per heavy atom. The van der Waals surface area contributed by atoms with Gasteiger partial charge in [-0.15, -0.1) is 0 Å². The second kappa shape index (κ2) is 6.25. The zero-order valence-electron chi connectivity index (χ0n) is 10.1. The van der Waals surface area contributed by atoms with Gasteiger partial charge < -0.3 is 4.74 Å². The van der Waals surface area contributed by atoms with Gasteiger partial charge in [0.05, 0.1) is 11.6 Å². The molecule has 0 bridgehead atoms. The first-order chi connectivity index (χ1) is 8.72. The molecule has 96 valence electrons. The molecular weight excluding hydrogens is 316 g/mol. The van der Waals surface area contributed by atoms with E-state index in [1.807, 2.05) is 36.0 Å². The highest BCUT2D eigenvalue weighted by molar-refractivity contribution is 9.08. The number of hydrogen-bond donors (Lipinski definition) is 0. The molecule has 2 aromatic rings. The van der Waals surface area contributed by atoms with Gasteiger partial charge in [0.15, 0.2) is 0 Å². The molecule has 1 heterocycles. The molecule has 5 heteroatoms. The molecule has 0 unspecified atom stereocenters. The van der Waals surface area contributed by atoms with E-state index in [4.69, 9.17) is 16.3 Å². The number of alkyl halides is 1. The Kier molecular flexibility index (Phi) is 4.66. The van der Waals surface area contributed by atoms with Crippen molar-refractivity contribution in [2.24, 2.45) is 7.05 Å². The lowest BCUT2D eigenvalue weighted by Gasteiger charge is -2.11. The van der Waals surface area contributed by atoms with E-state index in [9.17, 15) is 0 Å². The van der Waals surface area contributed by atoms with E-state index in [-0.39, 0.29) is 0 Å². The lowest BCUT2D eigenvalue weighted by Crippen LogP contribution is -2.07. The molecule has 1 aromatic carbocycles. The van der Waals surface area contributed by atoms with Crippen LogP contribution in [0.5, 0.6) is 5.75 Å². The maximum Gasteiger partial charge on any atom is 0.141 e. The number of nitrogens with zero attached hydrogens (tertiary/aromatic N) is 2. The van der Waals surface area contributed by atoms with Crippen LogP contribution in [0.4, 0.5) is 0 Å². The van der Waals surface area contributed by atoms with E-state index in [1.165, 1.54) is 0 Å². The van der Waals surface area contributed by atoms with Crippen LogP contribution in [0.2, 0.25) is 5.02 Å². The van der Waals surface area contributed by atoms with Gasteiger partial charge in [0.25, 0.3) is 0 Å². The van der Waals surface area contributed by atoms with Crippen LogP contribution in [0.15, 0.2) is 30.5 Å². The van der Waals surface area contributed by atoms with Gasteiger partial charge >= 0.3 is 0 Å². The molecule has 0 N–H and O–H groups in total. The van der Waals surface area contributed by atoms with E-state index in [0.29, 0.717) is 11.6 Å². The standard InChI is InChI=1S/C13H14BrClN2O/c1-17-11(5-7-16-17)6-8-18-13-10(9-14)3-2-4-12(13)15/h2-5,7H,6,8-9H2,1H3. The molecular formula is C13H14BrClN2O. The molecule has 0 aliphatic rings. The zero-order valence-corrected chi connectivity index (χ0v) is 12.4. The van der Waals surface area contributed by atoms with Gasteiger partial charge in [-0.2, -0.15) is 5.10 Å². The maximum atomic E-state index is 6.14. The first-order valence-electron chi connectivity index (χ1n) is 5.65. The van der Waals surface area contributed by atoms with Crippen LogP contribution in [0.25, 0.3) is 0 Å². The van der Waals surface area contributed by atoms with Crippen LogP contribution in [-0.4, -0.2) is 16.4 Å². The number of aryl methyl sites for hydroxylation is 1. The quantitative estimate of drug-likeness (QED) is 0.784. The largest absolute Gasteiger partial charge is 0.491 e. The number of rotatable bonds is 5. The summed E-state index contributed by atoms with van der Waals surface area (Å²) < 4.78 is 7.63. The SMILES string of the molecule is Cn1nccc1CCOc1c(Cl)cccc1CBr.